The lowest BCUT2D eigenvalue weighted by Gasteiger charge is -2.12. The molecule has 0 spiro atoms. The first-order valence-corrected chi connectivity index (χ1v) is 6.93. The van der Waals surface area contributed by atoms with Gasteiger partial charge in [-0.15, -0.1) is 6.58 Å². The van der Waals surface area contributed by atoms with Gasteiger partial charge in [-0.25, -0.2) is 4.68 Å². The Hall–Kier alpha value is -2.43. The second kappa shape index (κ2) is 6.35. The average molecular weight is 285 g/mol. The number of carbonyl (C=O) groups is 1. The highest BCUT2D eigenvalue weighted by atomic mass is 16.2. The molecule has 0 aliphatic heterocycles. The number of nitrogens with zero attached hydrogens (tertiary/aromatic N) is 2. The van der Waals surface area contributed by atoms with Gasteiger partial charge in [-0.2, -0.15) is 5.10 Å². The van der Waals surface area contributed by atoms with Crippen LogP contribution in [0.5, 0.6) is 0 Å². The number of hydrogen-bond donors (Lipinski definition) is 1. The van der Waals surface area contributed by atoms with Gasteiger partial charge in [0, 0.05) is 18.5 Å². The molecule has 5 nitrogen and oxygen atoms in total. The van der Waals surface area contributed by atoms with E-state index in [1.165, 1.54) is 4.68 Å². The van der Waals surface area contributed by atoms with Gasteiger partial charge in [-0.1, -0.05) is 38.1 Å². The number of amides is 1. The van der Waals surface area contributed by atoms with Crippen molar-refractivity contribution in [2.24, 2.45) is 5.92 Å². The summed E-state index contributed by atoms with van der Waals surface area (Å²) < 4.78 is 1.37. The first-order chi connectivity index (χ1) is 10.0. The maximum Gasteiger partial charge on any atom is 0.274 e. The van der Waals surface area contributed by atoms with Gasteiger partial charge < -0.3 is 5.32 Å². The smallest absolute Gasteiger partial charge is 0.274 e. The van der Waals surface area contributed by atoms with Crippen LogP contribution in [0, 0.1) is 5.92 Å². The summed E-state index contributed by atoms with van der Waals surface area (Å²) in [6, 6.07) is 7.04. The number of fused-ring (bicyclic) bond motifs is 1. The van der Waals surface area contributed by atoms with E-state index < -0.39 is 0 Å². The highest BCUT2D eigenvalue weighted by molar-refractivity contribution is 6.04. The maximum absolute atomic E-state index is 12.4. The van der Waals surface area contributed by atoms with Crippen LogP contribution in [0.3, 0.4) is 0 Å². The number of rotatable bonds is 5. The minimum Gasteiger partial charge on any atom is -0.347 e. The Kier molecular flexibility index (Phi) is 4.52. The van der Waals surface area contributed by atoms with Crippen LogP contribution in [0.25, 0.3) is 10.8 Å². The van der Waals surface area contributed by atoms with Gasteiger partial charge in [0.1, 0.15) is 0 Å². The van der Waals surface area contributed by atoms with Crippen molar-refractivity contribution in [2.45, 2.75) is 20.4 Å². The summed E-state index contributed by atoms with van der Waals surface area (Å²) in [6.45, 7) is 8.41. The van der Waals surface area contributed by atoms with E-state index in [9.17, 15) is 9.59 Å². The van der Waals surface area contributed by atoms with Crippen molar-refractivity contribution in [3.05, 3.63) is 53.0 Å². The van der Waals surface area contributed by atoms with Crippen LogP contribution in [-0.4, -0.2) is 22.2 Å². The van der Waals surface area contributed by atoms with E-state index >= 15 is 0 Å². The van der Waals surface area contributed by atoms with E-state index in [-0.39, 0.29) is 23.1 Å². The molecule has 0 radical (unpaired) electrons. The Bertz CT molecular complexity index is 732. The molecule has 0 saturated carbocycles. The van der Waals surface area contributed by atoms with Crippen LogP contribution in [0.2, 0.25) is 0 Å². The second-order valence-electron chi connectivity index (χ2n) is 5.27. The fraction of sp³-hybridized carbons (Fsp3) is 0.312. The van der Waals surface area contributed by atoms with Crippen molar-refractivity contribution in [2.75, 3.05) is 6.54 Å². The molecule has 110 valence electrons. The normalized spacial score (nSPS) is 10.8. The molecule has 1 aromatic carbocycles. The van der Waals surface area contributed by atoms with Crippen molar-refractivity contribution in [1.82, 2.24) is 15.1 Å². The zero-order valence-electron chi connectivity index (χ0n) is 12.3. The van der Waals surface area contributed by atoms with E-state index in [4.69, 9.17) is 0 Å². The van der Waals surface area contributed by atoms with Crippen LogP contribution < -0.4 is 10.9 Å². The lowest BCUT2D eigenvalue weighted by molar-refractivity contribution is 0.0952. The number of benzene rings is 1. The van der Waals surface area contributed by atoms with E-state index in [0.29, 0.717) is 23.9 Å². The van der Waals surface area contributed by atoms with Crippen molar-refractivity contribution in [3.8, 4) is 0 Å². The first-order valence-electron chi connectivity index (χ1n) is 6.93. The average Bonchev–Trinajstić information content (AvgIpc) is 2.47. The summed E-state index contributed by atoms with van der Waals surface area (Å²) in [5.74, 6) is -0.0379. The van der Waals surface area contributed by atoms with Crippen LogP contribution in [0.1, 0.15) is 24.3 Å². The highest BCUT2D eigenvalue weighted by Gasteiger charge is 2.16. The third kappa shape index (κ3) is 3.18. The van der Waals surface area contributed by atoms with Gasteiger partial charge in [0.05, 0.1) is 5.39 Å². The molecule has 0 atom stereocenters. The quantitative estimate of drug-likeness (QED) is 0.854. The number of hydrogen-bond acceptors (Lipinski definition) is 3. The number of carbonyl (C=O) groups excluding carboxylic acids is 1. The van der Waals surface area contributed by atoms with Gasteiger partial charge in [0.25, 0.3) is 11.5 Å². The lowest BCUT2D eigenvalue weighted by Crippen LogP contribution is -2.31. The predicted octanol–water partition coefficient (Wildman–Crippen LogP) is 1.97. The van der Waals surface area contributed by atoms with Gasteiger partial charge in [0.2, 0.25) is 0 Å². The van der Waals surface area contributed by atoms with Gasteiger partial charge in [-0.3, -0.25) is 9.59 Å². The molecule has 0 fully saturated rings. The van der Waals surface area contributed by atoms with Gasteiger partial charge >= 0.3 is 0 Å². The van der Waals surface area contributed by atoms with Crippen LogP contribution in [0.4, 0.5) is 0 Å². The monoisotopic (exact) mass is 285 g/mol. The Morgan fingerprint density at radius 3 is 2.67 bits per heavy atom. The lowest BCUT2D eigenvalue weighted by atomic mass is 10.1. The molecule has 2 aromatic rings. The van der Waals surface area contributed by atoms with Crippen molar-refractivity contribution < 1.29 is 4.79 Å². The van der Waals surface area contributed by atoms with Crippen LogP contribution >= 0.6 is 0 Å². The van der Waals surface area contributed by atoms with Crippen molar-refractivity contribution in [1.29, 1.82) is 0 Å². The molecule has 21 heavy (non-hydrogen) atoms. The van der Waals surface area contributed by atoms with Crippen molar-refractivity contribution >= 4 is 16.7 Å². The molecule has 0 aliphatic rings. The van der Waals surface area contributed by atoms with Gasteiger partial charge in [-0.05, 0) is 12.0 Å². The van der Waals surface area contributed by atoms with E-state index in [1.54, 1.807) is 30.3 Å². The Labute approximate surface area is 123 Å². The number of aromatic nitrogens is 2. The molecule has 1 aromatic heterocycles. The minimum atomic E-state index is -0.302. The third-order valence-corrected chi connectivity index (χ3v) is 3.03. The third-order valence-electron chi connectivity index (χ3n) is 3.03. The molecular formula is C16H19N3O2. The largest absolute Gasteiger partial charge is 0.347 e. The molecular weight excluding hydrogens is 266 g/mol. The first kappa shape index (κ1) is 15.0. The summed E-state index contributed by atoms with van der Waals surface area (Å²) in [6.07, 6.45) is 1.60. The van der Waals surface area contributed by atoms with E-state index in [1.807, 2.05) is 13.8 Å². The zero-order valence-corrected chi connectivity index (χ0v) is 12.3. The van der Waals surface area contributed by atoms with E-state index in [2.05, 4.69) is 17.0 Å². The molecule has 1 amide bonds. The maximum atomic E-state index is 12.4. The summed E-state index contributed by atoms with van der Waals surface area (Å²) in [5.41, 5.74) is 0.104. The van der Waals surface area contributed by atoms with Crippen molar-refractivity contribution in [3.63, 3.8) is 0 Å². The molecule has 5 heteroatoms. The zero-order chi connectivity index (χ0) is 15.4. The SMILES string of the molecule is C=CCNC(=O)c1nn(CC(C)C)c(=O)c2ccccc12. The Morgan fingerprint density at radius 2 is 2.05 bits per heavy atom. The summed E-state index contributed by atoms with van der Waals surface area (Å²) in [4.78, 5) is 24.6. The fourth-order valence-corrected chi connectivity index (χ4v) is 2.12. The minimum absolute atomic E-state index is 0.167. The predicted molar refractivity (Wildman–Crippen MR) is 83.4 cm³/mol. The van der Waals surface area contributed by atoms with Gasteiger partial charge in [0.15, 0.2) is 5.69 Å². The topological polar surface area (TPSA) is 64.0 Å². The highest BCUT2D eigenvalue weighted by Crippen LogP contribution is 2.13. The molecule has 0 unspecified atom stereocenters. The Morgan fingerprint density at radius 1 is 1.38 bits per heavy atom. The standard InChI is InChI=1S/C16H19N3O2/c1-4-9-17-15(20)14-12-7-5-6-8-13(12)16(21)19(18-14)10-11(2)3/h4-8,11H,1,9-10H2,2-3H3,(H,17,20). The Balaban J connectivity index is 2.62. The molecule has 1 N–H and O–H groups in total. The second-order valence-corrected chi connectivity index (χ2v) is 5.27. The summed E-state index contributed by atoms with van der Waals surface area (Å²) in [7, 11) is 0. The number of nitrogens with one attached hydrogen (secondary N) is 1. The molecule has 1 heterocycles. The van der Waals surface area contributed by atoms with Crippen LogP contribution in [0.15, 0.2) is 41.7 Å². The molecule has 2 rings (SSSR count). The van der Waals surface area contributed by atoms with Crippen LogP contribution in [-0.2, 0) is 6.54 Å². The summed E-state index contributed by atoms with van der Waals surface area (Å²) >= 11 is 0. The fourth-order valence-electron chi connectivity index (χ4n) is 2.12. The molecule has 0 saturated heterocycles. The summed E-state index contributed by atoms with van der Waals surface area (Å²) in [5, 5.41) is 8.04. The molecule has 0 bridgehead atoms. The van der Waals surface area contributed by atoms with E-state index in [0.717, 1.165) is 0 Å². The molecule has 0 aliphatic carbocycles.